The van der Waals surface area contributed by atoms with Crippen molar-refractivity contribution in [3.05, 3.63) is 34.9 Å². The van der Waals surface area contributed by atoms with Crippen LogP contribution in [0.3, 0.4) is 0 Å². The second-order valence-electron chi connectivity index (χ2n) is 13.2. The molecule has 244 valence electrons. The predicted molar refractivity (Wildman–Crippen MR) is 155 cm³/mol. The van der Waals surface area contributed by atoms with Crippen LogP contribution in [0.25, 0.3) is 0 Å². The number of hydrogen-bond acceptors (Lipinski definition) is 10. The van der Waals surface area contributed by atoms with Gasteiger partial charge in [-0.15, -0.1) is 0 Å². The van der Waals surface area contributed by atoms with Crippen LogP contribution in [-0.2, 0) is 31.0 Å². The van der Waals surface area contributed by atoms with Crippen LogP contribution in [0.1, 0.15) is 69.4 Å². The molecular weight excluding hydrogens is 588 g/mol. The second kappa shape index (κ2) is 11.4. The summed E-state index contributed by atoms with van der Waals surface area (Å²) in [5.41, 5.74) is 0.894. The van der Waals surface area contributed by atoms with E-state index in [0.717, 1.165) is 49.4 Å². The molecule has 3 unspecified atom stereocenters. The molecule has 0 radical (unpaired) electrons. The number of amides is 2. The Morgan fingerprint density at radius 2 is 1.78 bits per heavy atom. The maximum Gasteiger partial charge on any atom is 0.335 e. The highest BCUT2D eigenvalue weighted by molar-refractivity contribution is 6.13. The summed E-state index contributed by atoms with van der Waals surface area (Å²) in [6, 6.07) is 3.21. The predicted octanol–water partition coefficient (Wildman–Crippen LogP) is 0.688. The van der Waals surface area contributed by atoms with Crippen molar-refractivity contribution in [2.24, 2.45) is 5.92 Å². The van der Waals surface area contributed by atoms with E-state index in [-0.39, 0.29) is 30.0 Å². The number of aliphatic carboxylic acids is 2. The molecule has 3 heterocycles. The highest BCUT2D eigenvalue weighted by atomic mass is 16.5. The van der Waals surface area contributed by atoms with E-state index < -0.39 is 47.3 Å². The molecule has 1 spiro atoms. The fourth-order valence-electron chi connectivity index (χ4n) is 8.40. The number of aromatic hydroxyl groups is 1. The summed E-state index contributed by atoms with van der Waals surface area (Å²) in [5.74, 6) is -2.67. The Morgan fingerprint density at radius 1 is 1.09 bits per heavy atom. The Bertz CT molecular complexity index is 1440. The van der Waals surface area contributed by atoms with Crippen molar-refractivity contribution < 1.29 is 54.6 Å². The number of carbonyl (C=O) groups is 4. The van der Waals surface area contributed by atoms with E-state index in [0.29, 0.717) is 30.6 Å². The lowest BCUT2D eigenvalue weighted by molar-refractivity contribution is -0.201. The van der Waals surface area contributed by atoms with Gasteiger partial charge in [-0.1, -0.05) is 25.5 Å². The van der Waals surface area contributed by atoms with E-state index in [2.05, 4.69) is 11.8 Å². The van der Waals surface area contributed by atoms with Crippen molar-refractivity contribution in [3.63, 3.8) is 0 Å². The van der Waals surface area contributed by atoms with Crippen molar-refractivity contribution in [2.75, 3.05) is 13.1 Å². The summed E-state index contributed by atoms with van der Waals surface area (Å²) in [6.07, 6.45) is 3.66. The topological polar surface area (TPSA) is 205 Å². The molecule has 45 heavy (non-hydrogen) atoms. The van der Waals surface area contributed by atoms with E-state index in [1.54, 1.807) is 6.07 Å². The lowest BCUT2D eigenvalue weighted by Gasteiger charge is -2.64. The Balaban J connectivity index is 0.000000311. The molecule has 4 fully saturated rings. The van der Waals surface area contributed by atoms with Gasteiger partial charge in [0.25, 0.3) is 5.91 Å². The highest BCUT2D eigenvalue weighted by Gasteiger charge is 2.74. The Labute approximate surface area is 259 Å². The minimum Gasteiger partial charge on any atom is -0.504 e. The molecule has 1 aromatic carbocycles. The number of nitrogens with zero attached hydrogens (tertiary/aromatic N) is 2. The first kappa shape index (κ1) is 31.5. The number of aliphatic hydroxyl groups excluding tert-OH is 2. The number of unbranched alkanes of at least 4 members (excludes halogenated alkanes) is 1. The number of carboxylic acid groups (broad SMARTS) is 2. The van der Waals surface area contributed by atoms with Crippen molar-refractivity contribution >= 4 is 23.8 Å². The summed E-state index contributed by atoms with van der Waals surface area (Å²) in [6.45, 7) is 3.93. The first-order valence-corrected chi connectivity index (χ1v) is 15.7. The molecule has 13 nitrogen and oxygen atoms in total. The average molecular weight is 629 g/mol. The van der Waals surface area contributed by atoms with Crippen LogP contribution in [0.2, 0.25) is 0 Å². The van der Waals surface area contributed by atoms with Crippen molar-refractivity contribution in [2.45, 2.75) is 106 Å². The molecule has 7 rings (SSSR count). The normalized spacial score (nSPS) is 33.6. The van der Waals surface area contributed by atoms with Gasteiger partial charge in [-0.25, -0.2) is 9.59 Å². The summed E-state index contributed by atoms with van der Waals surface area (Å²) >= 11 is 0. The monoisotopic (exact) mass is 628 g/mol. The van der Waals surface area contributed by atoms with E-state index in [4.69, 9.17) is 25.2 Å². The summed E-state index contributed by atoms with van der Waals surface area (Å²) in [5, 5.41) is 55.9. The second-order valence-corrected chi connectivity index (χ2v) is 13.2. The molecule has 6 aliphatic rings. The third kappa shape index (κ3) is 4.82. The molecule has 7 atom stereocenters. The van der Waals surface area contributed by atoms with Gasteiger partial charge in [0.05, 0.1) is 23.5 Å². The number of rotatable bonds is 8. The molecule has 2 saturated heterocycles. The molecule has 1 aromatic rings. The van der Waals surface area contributed by atoms with E-state index >= 15 is 0 Å². The SMILES string of the molecule is CCCC=C1CC(=O)N([C@@H]2CCC3(O)[C@H]4Cc5ccc(O)c6c5[C@@]3(CCN4CC3CC3)[C@H]2O6)C1=O.O=C(O)C(O)C(O)C(=O)O. The number of aliphatic hydroxyl groups is 3. The van der Waals surface area contributed by atoms with Gasteiger partial charge in [-0.3, -0.25) is 19.4 Å². The van der Waals surface area contributed by atoms with Crippen molar-refractivity contribution in [1.82, 2.24) is 9.80 Å². The Kier molecular flexibility index (Phi) is 7.95. The van der Waals surface area contributed by atoms with Gasteiger partial charge < -0.3 is 35.4 Å². The van der Waals surface area contributed by atoms with Gasteiger partial charge in [0.1, 0.15) is 6.10 Å². The van der Waals surface area contributed by atoms with Gasteiger partial charge in [-0.2, -0.15) is 0 Å². The number of benzene rings is 1. The fraction of sp³-hybridized carbons (Fsp3) is 0.625. The Morgan fingerprint density at radius 3 is 2.40 bits per heavy atom. The average Bonchev–Trinajstić information content (AvgIpc) is 3.68. The maximum absolute atomic E-state index is 13.4. The smallest absolute Gasteiger partial charge is 0.335 e. The lowest BCUT2D eigenvalue weighted by Crippen LogP contribution is -2.78. The molecule has 3 aliphatic carbocycles. The number of likely N-dealkylation sites (tertiary alicyclic amines) is 2. The number of phenolic OH excluding ortho intramolecular Hbond substituents is 1. The van der Waals surface area contributed by atoms with E-state index in [1.165, 1.54) is 17.7 Å². The summed E-state index contributed by atoms with van der Waals surface area (Å²) in [4.78, 5) is 50.0. The number of carbonyl (C=O) groups excluding carboxylic acids is 2. The molecule has 13 heteroatoms. The largest absolute Gasteiger partial charge is 0.504 e. The minimum absolute atomic E-state index is 0.0168. The third-order valence-corrected chi connectivity index (χ3v) is 10.7. The zero-order valence-electron chi connectivity index (χ0n) is 25.1. The minimum atomic E-state index is -2.27. The molecule has 3 aliphatic heterocycles. The van der Waals surface area contributed by atoms with Gasteiger partial charge in [-0.05, 0) is 69.0 Å². The number of ether oxygens (including phenoxy) is 1. The van der Waals surface area contributed by atoms with Crippen molar-refractivity contribution in [3.8, 4) is 11.5 Å². The molecule has 6 N–H and O–H groups in total. The number of allylic oxidation sites excluding steroid dienone is 1. The first-order valence-electron chi connectivity index (χ1n) is 15.7. The molecule has 0 aromatic heterocycles. The van der Waals surface area contributed by atoms with E-state index in [9.17, 15) is 29.4 Å². The molecule has 2 saturated carbocycles. The quantitative estimate of drug-likeness (QED) is 0.174. The van der Waals surface area contributed by atoms with Crippen molar-refractivity contribution in [1.29, 1.82) is 0 Å². The third-order valence-electron chi connectivity index (χ3n) is 10.7. The molecule has 2 bridgehead atoms. The van der Waals surface area contributed by atoms with Crippen LogP contribution in [0.5, 0.6) is 11.5 Å². The van der Waals surface area contributed by atoms with Crippen LogP contribution >= 0.6 is 0 Å². The molecular formula is C32H40N2O11. The summed E-state index contributed by atoms with van der Waals surface area (Å²) in [7, 11) is 0. The highest BCUT2D eigenvalue weighted by Crippen LogP contribution is 2.66. The summed E-state index contributed by atoms with van der Waals surface area (Å²) < 4.78 is 6.55. The van der Waals surface area contributed by atoms with Crippen LogP contribution in [0.4, 0.5) is 0 Å². The van der Waals surface area contributed by atoms with Gasteiger partial charge in [0.15, 0.2) is 23.7 Å². The zero-order chi connectivity index (χ0) is 32.4. The van der Waals surface area contributed by atoms with Crippen LogP contribution < -0.4 is 4.74 Å². The number of carboxylic acids is 2. The number of phenols is 1. The van der Waals surface area contributed by atoms with Gasteiger partial charge in [0.2, 0.25) is 5.91 Å². The number of imide groups is 1. The fourth-order valence-corrected chi connectivity index (χ4v) is 8.40. The zero-order valence-corrected chi connectivity index (χ0v) is 25.1. The standard InChI is InChI=1S/C28H34N2O5.C4H6O6/c1-2-3-4-18-14-22(32)30(26(18)33)19-9-10-28(34)21-13-17-7-8-20(31)24-23(17)27(28,25(19)35-24)11-12-29(21)15-16-5-6-16;5-1(3(7)8)2(6)4(9)10/h4,7-8,16,19,21,25,31,34H,2-3,5-6,9-15H2,1H3;1-2,5-6H,(H,7,8)(H,9,10)/t19-,21-,25+,27+,28?;/m1./s1. The maximum atomic E-state index is 13.4. The number of piperidine rings is 1. The number of hydrogen-bond donors (Lipinski definition) is 6. The van der Waals surface area contributed by atoms with E-state index in [1.807, 2.05) is 12.1 Å². The van der Waals surface area contributed by atoms with Gasteiger partial charge >= 0.3 is 11.9 Å². The lowest BCUT2D eigenvalue weighted by atomic mass is 9.48. The van der Waals surface area contributed by atoms with Crippen LogP contribution in [-0.4, -0.2) is 113 Å². The van der Waals surface area contributed by atoms with Crippen LogP contribution in [0.15, 0.2) is 23.8 Å². The first-order chi connectivity index (χ1) is 21.4. The Hall–Kier alpha value is -3.52. The van der Waals surface area contributed by atoms with Crippen LogP contribution in [0, 0.1) is 5.92 Å². The van der Waals surface area contributed by atoms with Gasteiger partial charge in [0, 0.05) is 23.7 Å². The molecule has 2 amide bonds.